The molecule has 2 aromatic rings. The van der Waals surface area contributed by atoms with Gasteiger partial charge in [-0.3, -0.25) is 4.99 Å². The molecule has 2 N–H and O–H groups in total. The topological polar surface area (TPSA) is 54.9 Å². The molecule has 0 atom stereocenters. The SMILES string of the molecule is CN=C(NCc1ccc(COCC(F)(F)F)cc1)NCc1cccc(OC(F)F)c1. The van der Waals surface area contributed by atoms with Crippen LogP contribution in [0.3, 0.4) is 0 Å². The van der Waals surface area contributed by atoms with Gasteiger partial charge >= 0.3 is 12.8 Å². The first kappa shape index (κ1) is 23.4. The largest absolute Gasteiger partial charge is 0.435 e. The summed E-state index contributed by atoms with van der Waals surface area (Å²) in [4.78, 5) is 4.09. The Balaban J connectivity index is 1.79. The van der Waals surface area contributed by atoms with Crippen LogP contribution in [0.5, 0.6) is 5.75 Å². The second kappa shape index (κ2) is 11.3. The summed E-state index contributed by atoms with van der Waals surface area (Å²) in [5.74, 6) is 0.569. The third kappa shape index (κ3) is 9.08. The second-order valence-corrected chi connectivity index (χ2v) is 6.23. The van der Waals surface area contributed by atoms with Gasteiger partial charge in [0.25, 0.3) is 0 Å². The Kier molecular flexibility index (Phi) is 8.85. The molecule has 0 aliphatic carbocycles. The van der Waals surface area contributed by atoms with Crippen LogP contribution < -0.4 is 15.4 Å². The number of benzene rings is 2. The molecule has 0 heterocycles. The molecule has 5 nitrogen and oxygen atoms in total. The predicted molar refractivity (Wildman–Crippen MR) is 102 cm³/mol. The first-order valence-corrected chi connectivity index (χ1v) is 8.96. The molecule has 0 unspecified atom stereocenters. The van der Waals surface area contributed by atoms with E-state index in [1.54, 1.807) is 43.4 Å². The van der Waals surface area contributed by atoms with E-state index in [0.29, 0.717) is 24.6 Å². The first-order chi connectivity index (χ1) is 14.2. The molecule has 10 heteroatoms. The molecule has 2 aromatic carbocycles. The molecule has 2 rings (SSSR count). The van der Waals surface area contributed by atoms with E-state index < -0.39 is 19.4 Å². The smallest absolute Gasteiger partial charge is 0.411 e. The van der Waals surface area contributed by atoms with E-state index in [1.165, 1.54) is 12.1 Å². The number of aliphatic imine (C=N–C) groups is 1. The first-order valence-electron chi connectivity index (χ1n) is 8.96. The minimum Gasteiger partial charge on any atom is -0.435 e. The Morgan fingerprint density at radius 3 is 2.20 bits per heavy atom. The summed E-state index contributed by atoms with van der Waals surface area (Å²) in [6.07, 6.45) is -4.34. The number of nitrogens with one attached hydrogen (secondary N) is 2. The summed E-state index contributed by atoms with van der Waals surface area (Å²) in [6.45, 7) is -3.52. The van der Waals surface area contributed by atoms with E-state index in [0.717, 1.165) is 11.1 Å². The molecule has 0 saturated carbocycles. The maximum absolute atomic E-state index is 12.3. The molecule has 0 spiro atoms. The average Bonchev–Trinajstić information content (AvgIpc) is 2.68. The maximum atomic E-state index is 12.3. The third-order valence-electron chi connectivity index (χ3n) is 3.82. The molecule has 0 radical (unpaired) electrons. The van der Waals surface area contributed by atoms with Crippen LogP contribution in [0, 0.1) is 0 Å². The standard InChI is InChI=1S/C20H22F5N3O2/c1-26-19(28-11-16-3-2-4-17(9-16)30-18(21)22)27-10-14-5-7-15(8-6-14)12-29-13-20(23,24)25/h2-9,18H,10-13H2,1H3,(H2,26,27,28). The van der Waals surface area contributed by atoms with Crippen molar-refractivity contribution in [1.82, 2.24) is 10.6 Å². The average molecular weight is 431 g/mol. The zero-order valence-corrected chi connectivity index (χ0v) is 16.2. The van der Waals surface area contributed by atoms with Gasteiger partial charge in [-0.2, -0.15) is 22.0 Å². The predicted octanol–water partition coefficient (Wildman–Crippen LogP) is 4.23. The molecular weight excluding hydrogens is 409 g/mol. The summed E-state index contributed by atoms with van der Waals surface area (Å²) >= 11 is 0. The van der Waals surface area contributed by atoms with E-state index in [4.69, 9.17) is 0 Å². The summed E-state index contributed by atoms with van der Waals surface area (Å²) in [6, 6.07) is 13.3. The molecule has 0 aromatic heterocycles. The van der Waals surface area contributed by atoms with Crippen LogP contribution in [0.4, 0.5) is 22.0 Å². The Hall–Kier alpha value is -2.88. The molecule has 0 amide bonds. The number of ether oxygens (including phenoxy) is 2. The zero-order valence-electron chi connectivity index (χ0n) is 16.2. The molecule has 0 fully saturated rings. The lowest BCUT2D eigenvalue weighted by atomic mass is 10.1. The Morgan fingerprint density at radius 2 is 1.60 bits per heavy atom. The third-order valence-corrected chi connectivity index (χ3v) is 3.82. The highest BCUT2D eigenvalue weighted by Crippen LogP contribution is 2.16. The molecule has 164 valence electrons. The van der Waals surface area contributed by atoms with E-state index >= 15 is 0 Å². The minimum absolute atomic E-state index is 0.0755. The van der Waals surface area contributed by atoms with Gasteiger partial charge in [0, 0.05) is 20.1 Å². The molecule has 0 aliphatic rings. The molecule has 0 saturated heterocycles. The number of alkyl halides is 5. The van der Waals surface area contributed by atoms with E-state index in [9.17, 15) is 22.0 Å². The van der Waals surface area contributed by atoms with Gasteiger partial charge in [0.1, 0.15) is 12.4 Å². The molecule has 30 heavy (non-hydrogen) atoms. The highest BCUT2D eigenvalue weighted by atomic mass is 19.4. The Labute approximate surface area is 170 Å². The quantitative estimate of drug-likeness (QED) is 0.355. The van der Waals surface area contributed by atoms with Gasteiger partial charge in [-0.15, -0.1) is 0 Å². The zero-order chi connectivity index (χ0) is 22.0. The van der Waals surface area contributed by atoms with Crippen molar-refractivity contribution in [3.63, 3.8) is 0 Å². The van der Waals surface area contributed by atoms with Crippen molar-refractivity contribution >= 4 is 5.96 Å². The van der Waals surface area contributed by atoms with Gasteiger partial charge in [0.15, 0.2) is 5.96 Å². The Morgan fingerprint density at radius 1 is 0.967 bits per heavy atom. The van der Waals surface area contributed by atoms with Crippen LogP contribution in [0.2, 0.25) is 0 Å². The normalized spacial score (nSPS) is 12.2. The summed E-state index contributed by atoms with van der Waals surface area (Å²) in [7, 11) is 1.59. The number of hydrogen-bond acceptors (Lipinski definition) is 3. The lowest BCUT2D eigenvalue weighted by Crippen LogP contribution is -2.36. The highest BCUT2D eigenvalue weighted by molar-refractivity contribution is 5.79. The van der Waals surface area contributed by atoms with Gasteiger partial charge in [-0.1, -0.05) is 36.4 Å². The van der Waals surface area contributed by atoms with Crippen LogP contribution in [-0.4, -0.2) is 32.4 Å². The number of nitrogens with zero attached hydrogens (tertiary/aromatic N) is 1. The molecule has 0 aliphatic heterocycles. The summed E-state index contributed by atoms with van der Waals surface area (Å²) < 4.78 is 69.8. The van der Waals surface area contributed by atoms with Crippen LogP contribution in [0.25, 0.3) is 0 Å². The highest BCUT2D eigenvalue weighted by Gasteiger charge is 2.27. The Bertz CT molecular complexity index is 811. The monoisotopic (exact) mass is 431 g/mol. The fourth-order valence-electron chi connectivity index (χ4n) is 2.46. The van der Waals surface area contributed by atoms with Crippen molar-refractivity contribution in [3.05, 3.63) is 65.2 Å². The van der Waals surface area contributed by atoms with Gasteiger partial charge in [-0.05, 0) is 28.8 Å². The van der Waals surface area contributed by atoms with E-state index in [-0.39, 0.29) is 12.4 Å². The number of hydrogen-bond donors (Lipinski definition) is 2. The van der Waals surface area contributed by atoms with E-state index in [2.05, 4.69) is 25.1 Å². The van der Waals surface area contributed by atoms with E-state index in [1.807, 2.05) is 0 Å². The lowest BCUT2D eigenvalue weighted by Gasteiger charge is -2.13. The molecular formula is C20H22F5N3O2. The maximum Gasteiger partial charge on any atom is 0.411 e. The summed E-state index contributed by atoms with van der Waals surface area (Å²) in [5, 5.41) is 6.15. The van der Waals surface area contributed by atoms with Crippen LogP contribution in [0.1, 0.15) is 16.7 Å². The van der Waals surface area contributed by atoms with Crippen LogP contribution in [0.15, 0.2) is 53.5 Å². The number of guanidine groups is 1. The lowest BCUT2D eigenvalue weighted by molar-refractivity contribution is -0.176. The van der Waals surface area contributed by atoms with Gasteiger partial charge in [0.05, 0.1) is 6.61 Å². The summed E-state index contributed by atoms with van der Waals surface area (Å²) in [5.41, 5.74) is 2.26. The number of rotatable bonds is 9. The minimum atomic E-state index is -4.34. The van der Waals surface area contributed by atoms with Crippen molar-refractivity contribution in [1.29, 1.82) is 0 Å². The fourth-order valence-corrected chi connectivity index (χ4v) is 2.46. The van der Waals surface area contributed by atoms with Gasteiger partial charge in [-0.25, -0.2) is 0 Å². The fraction of sp³-hybridized carbons (Fsp3) is 0.350. The number of halogens is 5. The van der Waals surface area contributed by atoms with Crippen molar-refractivity contribution < 1.29 is 31.4 Å². The van der Waals surface area contributed by atoms with Crippen LogP contribution >= 0.6 is 0 Å². The van der Waals surface area contributed by atoms with Crippen molar-refractivity contribution in [3.8, 4) is 5.75 Å². The van der Waals surface area contributed by atoms with Crippen molar-refractivity contribution in [2.75, 3.05) is 13.7 Å². The van der Waals surface area contributed by atoms with Crippen molar-refractivity contribution in [2.24, 2.45) is 4.99 Å². The van der Waals surface area contributed by atoms with Gasteiger partial charge in [0.2, 0.25) is 0 Å². The second-order valence-electron chi connectivity index (χ2n) is 6.23. The molecule has 0 bridgehead atoms. The van der Waals surface area contributed by atoms with Crippen molar-refractivity contribution in [2.45, 2.75) is 32.5 Å². The van der Waals surface area contributed by atoms with Gasteiger partial charge < -0.3 is 20.1 Å². The van der Waals surface area contributed by atoms with Crippen LogP contribution in [-0.2, 0) is 24.4 Å².